The van der Waals surface area contributed by atoms with Gasteiger partial charge in [0.2, 0.25) is 5.82 Å². The minimum atomic E-state index is -0.916. The molecule has 4 heteroatoms. The minimum absolute atomic E-state index is 0.00450. The Kier molecular flexibility index (Phi) is 4.09. The van der Waals surface area contributed by atoms with Crippen molar-refractivity contribution in [3.63, 3.8) is 0 Å². The molecule has 106 valence electrons. The molecular formula is C15H20F2O2. The Balaban J connectivity index is 2.36. The third kappa shape index (κ3) is 2.46. The molecule has 1 saturated heterocycles. The predicted molar refractivity (Wildman–Crippen MR) is 69.4 cm³/mol. The van der Waals surface area contributed by atoms with E-state index in [0.717, 1.165) is 6.07 Å². The van der Waals surface area contributed by atoms with Crippen LogP contribution in [0.15, 0.2) is 12.1 Å². The van der Waals surface area contributed by atoms with Crippen molar-refractivity contribution in [3.8, 4) is 5.75 Å². The highest BCUT2D eigenvalue weighted by atomic mass is 19.2. The number of ether oxygens (including phenoxy) is 2. The molecule has 19 heavy (non-hydrogen) atoms. The SMILES string of the molecule is COc1c([C@H]2CO[C@@H](C(C)C)[C@@H]2C)ccc(F)c1F. The van der Waals surface area contributed by atoms with E-state index in [1.165, 1.54) is 7.11 Å². The fraction of sp³-hybridized carbons (Fsp3) is 0.600. The largest absolute Gasteiger partial charge is 0.493 e. The number of hydrogen-bond acceptors (Lipinski definition) is 2. The van der Waals surface area contributed by atoms with Gasteiger partial charge < -0.3 is 9.47 Å². The topological polar surface area (TPSA) is 18.5 Å². The van der Waals surface area contributed by atoms with Crippen LogP contribution < -0.4 is 4.74 Å². The summed E-state index contributed by atoms with van der Waals surface area (Å²) in [5.41, 5.74) is 0.692. The van der Waals surface area contributed by atoms with Crippen molar-refractivity contribution in [2.24, 2.45) is 11.8 Å². The van der Waals surface area contributed by atoms with Crippen LogP contribution in [0, 0.1) is 23.5 Å². The van der Waals surface area contributed by atoms with Gasteiger partial charge in [0.05, 0.1) is 19.8 Å². The zero-order valence-electron chi connectivity index (χ0n) is 11.7. The summed E-state index contributed by atoms with van der Waals surface area (Å²) >= 11 is 0. The molecule has 0 N–H and O–H groups in total. The van der Waals surface area contributed by atoms with Crippen LogP contribution in [-0.4, -0.2) is 19.8 Å². The van der Waals surface area contributed by atoms with Gasteiger partial charge in [0.25, 0.3) is 0 Å². The Hall–Kier alpha value is -1.16. The molecule has 0 amide bonds. The van der Waals surface area contributed by atoms with Crippen LogP contribution in [0.3, 0.4) is 0 Å². The number of benzene rings is 1. The summed E-state index contributed by atoms with van der Waals surface area (Å²) in [5.74, 6) is -1.11. The summed E-state index contributed by atoms with van der Waals surface area (Å²) in [5, 5.41) is 0. The lowest BCUT2D eigenvalue weighted by Gasteiger charge is -2.22. The standard InChI is InChI=1S/C15H20F2O2/c1-8(2)14-9(3)11(7-19-14)10-5-6-12(16)13(17)15(10)18-4/h5-6,8-9,11,14H,7H2,1-4H3/t9-,11+,14+/m1/s1. The zero-order chi connectivity index (χ0) is 14.2. The maximum Gasteiger partial charge on any atom is 0.200 e. The van der Waals surface area contributed by atoms with Crippen molar-refractivity contribution in [2.75, 3.05) is 13.7 Å². The number of methoxy groups -OCH3 is 1. The second kappa shape index (κ2) is 5.45. The number of halogens is 2. The van der Waals surface area contributed by atoms with Crippen molar-refractivity contribution in [1.82, 2.24) is 0 Å². The zero-order valence-corrected chi connectivity index (χ0v) is 11.7. The van der Waals surface area contributed by atoms with Gasteiger partial charge >= 0.3 is 0 Å². The van der Waals surface area contributed by atoms with E-state index in [0.29, 0.717) is 18.1 Å². The summed E-state index contributed by atoms with van der Waals surface area (Å²) in [7, 11) is 1.36. The van der Waals surface area contributed by atoms with Crippen molar-refractivity contribution in [1.29, 1.82) is 0 Å². The van der Waals surface area contributed by atoms with E-state index in [1.54, 1.807) is 6.07 Å². The Morgan fingerprint density at radius 2 is 2.00 bits per heavy atom. The monoisotopic (exact) mass is 270 g/mol. The summed E-state index contributed by atoms with van der Waals surface area (Å²) in [4.78, 5) is 0. The van der Waals surface area contributed by atoms with E-state index in [-0.39, 0.29) is 23.7 Å². The van der Waals surface area contributed by atoms with Gasteiger partial charge in [0.15, 0.2) is 11.6 Å². The lowest BCUT2D eigenvalue weighted by molar-refractivity contribution is 0.0576. The molecule has 1 aromatic carbocycles. The molecule has 0 radical (unpaired) electrons. The first-order valence-corrected chi connectivity index (χ1v) is 6.60. The van der Waals surface area contributed by atoms with Gasteiger partial charge in [0.1, 0.15) is 0 Å². The molecule has 2 nitrogen and oxygen atoms in total. The van der Waals surface area contributed by atoms with Gasteiger partial charge in [-0.2, -0.15) is 4.39 Å². The molecule has 0 spiro atoms. The summed E-state index contributed by atoms with van der Waals surface area (Å²) < 4.78 is 37.8. The molecule has 1 aromatic rings. The number of hydrogen-bond donors (Lipinski definition) is 0. The first kappa shape index (κ1) is 14.3. The first-order valence-electron chi connectivity index (χ1n) is 6.60. The van der Waals surface area contributed by atoms with Crippen molar-refractivity contribution < 1.29 is 18.3 Å². The lowest BCUT2D eigenvalue weighted by Crippen LogP contribution is -2.22. The predicted octanol–water partition coefficient (Wildman–Crippen LogP) is 3.75. The van der Waals surface area contributed by atoms with E-state index in [9.17, 15) is 8.78 Å². The van der Waals surface area contributed by atoms with E-state index >= 15 is 0 Å². The Bertz CT molecular complexity index is 460. The third-order valence-electron chi connectivity index (χ3n) is 3.96. The maximum atomic E-state index is 13.8. The van der Waals surface area contributed by atoms with Gasteiger partial charge in [-0.05, 0) is 17.9 Å². The summed E-state index contributed by atoms with van der Waals surface area (Å²) in [6.07, 6.45) is 0.142. The third-order valence-corrected chi connectivity index (χ3v) is 3.96. The van der Waals surface area contributed by atoms with Crippen molar-refractivity contribution in [2.45, 2.75) is 32.8 Å². The Morgan fingerprint density at radius 3 is 2.53 bits per heavy atom. The molecule has 3 atom stereocenters. The van der Waals surface area contributed by atoms with Crippen molar-refractivity contribution in [3.05, 3.63) is 29.3 Å². The number of rotatable bonds is 3. The summed E-state index contributed by atoms with van der Waals surface area (Å²) in [6.45, 7) is 6.81. The quantitative estimate of drug-likeness (QED) is 0.833. The minimum Gasteiger partial charge on any atom is -0.493 e. The molecule has 0 bridgehead atoms. The molecule has 0 saturated carbocycles. The fourth-order valence-corrected chi connectivity index (χ4v) is 2.97. The van der Waals surface area contributed by atoms with Crippen LogP contribution in [0.25, 0.3) is 0 Å². The van der Waals surface area contributed by atoms with Crippen LogP contribution in [0.1, 0.15) is 32.3 Å². The summed E-state index contributed by atoms with van der Waals surface area (Å²) in [6, 6.07) is 2.76. The average molecular weight is 270 g/mol. The molecule has 0 unspecified atom stereocenters. The Labute approximate surface area is 112 Å². The van der Waals surface area contributed by atoms with Crippen LogP contribution in [-0.2, 0) is 4.74 Å². The first-order chi connectivity index (χ1) is 8.97. The van der Waals surface area contributed by atoms with Crippen LogP contribution in [0.5, 0.6) is 5.75 Å². The highest BCUT2D eigenvalue weighted by Gasteiger charge is 2.38. The van der Waals surface area contributed by atoms with Crippen LogP contribution >= 0.6 is 0 Å². The van der Waals surface area contributed by atoms with E-state index < -0.39 is 11.6 Å². The van der Waals surface area contributed by atoms with E-state index in [1.807, 2.05) is 0 Å². The van der Waals surface area contributed by atoms with Gasteiger partial charge in [-0.3, -0.25) is 0 Å². The lowest BCUT2D eigenvalue weighted by atomic mass is 9.83. The highest BCUT2D eigenvalue weighted by Crippen LogP contribution is 2.42. The fourth-order valence-electron chi connectivity index (χ4n) is 2.97. The van der Waals surface area contributed by atoms with Crippen LogP contribution in [0.4, 0.5) is 8.78 Å². The van der Waals surface area contributed by atoms with Gasteiger partial charge in [-0.1, -0.05) is 26.8 Å². The van der Waals surface area contributed by atoms with Gasteiger partial charge in [0, 0.05) is 11.5 Å². The molecule has 0 aromatic heterocycles. The second-order valence-electron chi connectivity index (χ2n) is 5.49. The van der Waals surface area contributed by atoms with Crippen molar-refractivity contribution >= 4 is 0 Å². The molecular weight excluding hydrogens is 250 g/mol. The molecule has 0 aliphatic carbocycles. The van der Waals surface area contributed by atoms with Gasteiger partial charge in [-0.25, -0.2) is 4.39 Å². The van der Waals surface area contributed by atoms with Crippen LogP contribution in [0.2, 0.25) is 0 Å². The van der Waals surface area contributed by atoms with E-state index in [2.05, 4.69) is 20.8 Å². The average Bonchev–Trinajstić information content (AvgIpc) is 2.74. The van der Waals surface area contributed by atoms with Gasteiger partial charge in [-0.15, -0.1) is 0 Å². The molecule has 1 aliphatic rings. The second-order valence-corrected chi connectivity index (χ2v) is 5.49. The Morgan fingerprint density at radius 1 is 1.32 bits per heavy atom. The normalized spacial score (nSPS) is 27.0. The molecule has 1 heterocycles. The smallest absolute Gasteiger partial charge is 0.200 e. The maximum absolute atomic E-state index is 13.8. The highest BCUT2D eigenvalue weighted by molar-refractivity contribution is 5.39. The molecule has 1 aliphatic heterocycles. The molecule has 1 fully saturated rings. The molecule has 2 rings (SSSR count). The van der Waals surface area contributed by atoms with E-state index in [4.69, 9.17) is 9.47 Å².